The van der Waals surface area contributed by atoms with Gasteiger partial charge in [0.2, 0.25) is 17.7 Å². The van der Waals surface area contributed by atoms with E-state index in [9.17, 15) is 19.2 Å². The molecule has 0 aromatic heterocycles. The van der Waals surface area contributed by atoms with Crippen molar-refractivity contribution in [1.82, 2.24) is 10.2 Å². The molecule has 0 aromatic rings. The van der Waals surface area contributed by atoms with Crippen molar-refractivity contribution < 1.29 is 19.2 Å². The normalized spacial score (nSPS) is 25.1. The lowest BCUT2D eigenvalue weighted by molar-refractivity contribution is -0.152. The molecule has 3 aliphatic heterocycles. The number of hydrogen-bond donors (Lipinski definition) is 1. The van der Waals surface area contributed by atoms with Crippen molar-refractivity contribution >= 4 is 35.2 Å². The van der Waals surface area contributed by atoms with Gasteiger partial charge < -0.3 is 0 Å². The second-order valence-corrected chi connectivity index (χ2v) is 4.73. The maximum atomic E-state index is 12.4. The Balaban J connectivity index is 1.93. The van der Waals surface area contributed by atoms with Crippen molar-refractivity contribution in [3.8, 4) is 0 Å². The van der Waals surface area contributed by atoms with Crippen LogP contribution in [0.25, 0.3) is 0 Å². The Kier molecular flexibility index (Phi) is 3.08. The summed E-state index contributed by atoms with van der Waals surface area (Å²) >= 11 is 0. The van der Waals surface area contributed by atoms with Crippen molar-refractivity contribution in [1.29, 1.82) is 0 Å². The van der Waals surface area contributed by atoms with Gasteiger partial charge in [-0.2, -0.15) is 0 Å². The van der Waals surface area contributed by atoms with Gasteiger partial charge in [0.05, 0.1) is 12.6 Å². The van der Waals surface area contributed by atoms with Crippen molar-refractivity contribution in [2.45, 2.75) is 25.3 Å². The fourth-order valence-electron chi connectivity index (χ4n) is 2.43. The van der Waals surface area contributed by atoms with Crippen molar-refractivity contribution in [3.05, 3.63) is 18.0 Å². The number of nitrogens with one attached hydrogen (secondary N) is 1. The Labute approximate surface area is 118 Å². The molecule has 8 nitrogen and oxygen atoms in total. The van der Waals surface area contributed by atoms with Crippen molar-refractivity contribution in [2.75, 3.05) is 0 Å². The third-order valence-electron chi connectivity index (χ3n) is 3.40. The van der Waals surface area contributed by atoms with Gasteiger partial charge >= 0.3 is 0 Å². The Hall–Kier alpha value is -2.86. The van der Waals surface area contributed by atoms with Gasteiger partial charge in [0, 0.05) is 24.1 Å². The zero-order chi connectivity index (χ0) is 15.0. The summed E-state index contributed by atoms with van der Waals surface area (Å²) in [6.45, 7) is 0. The maximum Gasteiger partial charge on any atom is 0.280 e. The zero-order valence-electron chi connectivity index (χ0n) is 10.8. The topological polar surface area (TPSA) is 108 Å². The Bertz CT molecular complexity index is 697. The monoisotopic (exact) mass is 286 g/mol. The molecule has 0 saturated carbocycles. The highest BCUT2D eigenvalue weighted by Crippen LogP contribution is 2.23. The number of piperidine rings is 2. The number of rotatable bonds is 1. The first-order valence-electron chi connectivity index (χ1n) is 6.32. The van der Waals surface area contributed by atoms with E-state index >= 15 is 0 Å². The SMILES string of the molecule is O=C1CCC(N2C(=O)CC3=CN=C=CN=C3C2=O)C(=O)N1. The second-order valence-electron chi connectivity index (χ2n) is 4.73. The standard InChI is InChI=1S/C13H10N4O4/c18-9-2-1-8(12(20)16-9)17-10(19)5-7-6-14-3-4-15-11(7)13(17)21/h4,6,8H,1-2,5H2,(H,16,18,20). The fraction of sp³-hybridized carbons (Fsp3) is 0.308. The lowest BCUT2D eigenvalue weighted by Crippen LogP contribution is -2.59. The van der Waals surface area contributed by atoms with Crippen LogP contribution in [0.4, 0.5) is 0 Å². The van der Waals surface area contributed by atoms with Crippen LogP contribution in [-0.2, 0) is 19.2 Å². The molecular formula is C13H10N4O4. The number of fused-ring (bicyclic) bond motifs is 1. The van der Waals surface area contributed by atoms with E-state index in [4.69, 9.17) is 0 Å². The van der Waals surface area contributed by atoms with Gasteiger partial charge in [-0.1, -0.05) is 0 Å². The predicted octanol–water partition coefficient (Wildman–Crippen LogP) is -0.928. The van der Waals surface area contributed by atoms with Gasteiger partial charge in [0.15, 0.2) is 0 Å². The summed E-state index contributed by atoms with van der Waals surface area (Å²) in [6, 6.07) is -0.972. The zero-order valence-corrected chi connectivity index (χ0v) is 10.8. The molecule has 2 fully saturated rings. The van der Waals surface area contributed by atoms with Gasteiger partial charge in [-0.15, -0.1) is 0 Å². The van der Waals surface area contributed by atoms with Gasteiger partial charge in [-0.05, 0) is 6.42 Å². The van der Waals surface area contributed by atoms with Crippen LogP contribution in [0.3, 0.4) is 0 Å². The molecular weight excluding hydrogens is 276 g/mol. The molecule has 0 aliphatic carbocycles. The quantitative estimate of drug-likeness (QED) is 0.628. The highest BCUT2D eigenvalue weighted by molar-refractivity contribution is 6.50. The number of aliphatic imine (C=N–C) groups is 2. The minimum atomic E-state index is -0.972. The summed E-state index contributed by atoms with van der Waals surface area (Å²) in [7, 11) is 0. The molecule has 3 aliphatic rings. The number of imide groups is 2. The summed E-state index contributed by atoms with van der Waals surface area (Å²) in [5, 5.41) is 2.14. The molecule has 21 heavy (non-hydrogen) atoms. The highest BCUT2D eigenvalue weighted by Gasteiger charge is 2.43. The molecule has 1 N–H and O–H groups in total. The maximum absolute atomic E-state index is 12.4. The van der Waals surface area contributed by atoms with E-state index in [-0.39, 0.29) is 25.0 Å². The molecule has 3 heterocycles. The van der Waals surface area contributed by atoms with Gasteiger partial charge in [-0.3, -0.25) is 29.4 Å². The number of carbonyl (C=O) groups is 4. The third-order valence-corrected chi connectivity index (χ3v) is 3.40. The third kappa shape index (κ3) is 2.21. The number of nitrogens with zero attached hydrogens (tertiary/aromatic N) is 3. The first-order chi connectivity index (χ1) is 10.1. The molecule has 0 spiro atoms. The van der Waals surface area contributed by atoms with E-state index in [2.05, 4.69) is 21.2 Å². The Morgan fingerprint density at radius 1 is 1.29 bits per heavy atom. The average molecular weight is 286 g/mol. The smallest absolute Gasteiger partial charge is 0.280 e. The fourth-order valence-corrected chi connectivity index (χ4v) is 2.43. The van der Waals surface area contributed by atoms with Crippen molar-refractivity contribution in [2.24, 2.45) is 9.98 Å². The molecule has 1 unspecified atom stereocenters. The van der Waals surface area contributed by atoms with Crippen LogP contribution in [0.5, 0.6) is 0 Å². The summed E-state index contributed by atoms with van der Waals surface area (Å²) in [5.41, 5.74) is 0.475. The van der Waals surface area contributed by atoms with Crippen LogP contribution in [0.15, 0.2) is 28.0 Å². The molecule has 0 bridgehead atoms. The number of carbonyl (C=O) groups excluding carboxylic acids is 4. The van der Waals surface area contributed by atoms with Gasteiger partial charge in [0.25, 0.3) is 5.91 Å². The molecule has 1 atom stereocenters. The average Bonchev–Trinajstić information content (AvgIpc) is 2.66. The van der Waals surface area contributed by atoms with Crippen molar-refractivity contribution in [3.63, 3.8) is 0 Å². The van der Waals surface area contributed by atoms with Gasteiger partial charge in [0.1, 0.15) is 11.8 Å². The second kappa shape index (κ2) is 4.92. The minimum absolute atomic E-state index is 0.0681. The number of likely N-dealkylation sites (tertiary alicyclic amines) is 1. The summed E-state index contributed by atoms with van der Waals surface area (Å²) in [5.74, 6) is 0.281. The van der Waals surface area contributed by atoms with Crippen LogP contribution in [-0.4, -0.2) is 46.2 Å². The highest BCUT2D eigenvalue weighted by atomic mass is 16.2. The Morgan fingerprint density at radius 3 is 2.86 bits per heavy atom. The number of hydrogen-bond acceptors (Lipinski definition) is 6. The molecule has 106 valence electrons. The predicted molar refractivity (Wildman–Crippen MR) is 70.2 cm³/mol. The molecule has 8 heteroatoms. The molecule has 0 aromatic carbocycles. The molecule has 2 saturated heterocycles. The summed E-state index contributed by atoms with van der Waals surface area (Å²) in [4.78, 5) is 56.2. The molecule has 3 rings (SSSR count). The van der Waals surface area contributed by atoms with Crippen LogP contribution in [0.1, 0.15) is 19.3 Å². The van der Waals surface area contributed by atoms with Crippen LogP contribution >= 0.6 is 0 Å². The number of amides is 4. The van der Waals surface area contributed by atoms with Crippen LogP contribution < -0.4 is 5.32 Å². The van der Waals surface area contributed by atoms with E-state index in [1.165, 1.54) is 12.4 Å². The van der Waals surface area contributed by atoms with E-state index in [1.54, 1.807) is 0 Å². The summed E-state index contributed by atoms with van der Waals surface area (Å²) in [6.07, 6.45) is 2.74. The summed E-state index contributed by atoms with van der Waals surface area (Å²) < 4.78 is 0. The molecule has 4 amide bonds. The van der Waals surface area contributed by atoms with Gasteiger partial charge in [-0.25, -0.2) is 9.98 Å². The Morgan fingerprint density at radius 2 is 2.10 bits per heavy atom. The van der Waals surface area contributed by atoms with E-state index in [1.807, 2.05) is 0 Å². The lowest BCUT2D eigenvalue weighted by Gasteiger charge is -2.34. The van der Waals surface area contributed by atoms with E-state index in [0.717, 1.165) is 4.90 Å². The van der Waals surface area contributed by atoms with Crippen LogP contribution in [0.2, 0.25) is 0 Å². The lowest BCUT2D eigenvalue weighted by atomic mass is 9.96. The van der Waals surface area contributed by atoms with E-state index < -0.39 is 29.7 Å². The van der Waals surface area contributed by atoms with E-state index in [0.29, 0.717) is 5.57 Å². The molecule has 0 radical (unpaired) electrons. The van der Waals surface area contributed by atoms with Crippen LogP contribution in [0, 0.1) is 0 Å². The first-order valence-corrected chi connectivity index (χ1v) is 6.32. The first kappa shape index (κ1) is 13.1. The minimum Gasteiger partial charge on any atom is -0.295 e. The largest absolute Gasteiger partial charge is 0.295 e.